The lowest BCUT2D eigenvalue weighted by Gasteiger charge is -2.08. The summed E-state index contributed by atoms with van der Waals surface area (Å²) in [4.78, 5) is 38.5. The normalized spacial score (nSPS) is 11.1. The van der Waals surface area contributed by atoms with E-state index in [1.807, 2.05) is 0 Å². The third-order valence-corrected chi connectivity index (χ3v) is 5.09. The van der Waals surface area contributed by atoms with Gasteiger partial charge in [-0.3, -0.25) is 24.4 Å². The summed E-state index contributed by atoms with van der Waals surface area (Å²) in [7, 11) is 1.19. The van der Waals surface area contributed by atoms with Gasteiger partial charge in [-0.15, -0.1) is 16.4 Å². The van der Waals surface area contributed by atoms with Crippen LogP contribution in [0, 0.1) is 17.0 Å². The van der Waals surface area contributed by atoms with Crippen molar-refractivity contribution in [2.75, 3.05) is 12.4 Å². The fourth-order valence-corrected chi connectivity index (χ4v) is 3.85. The van der Waals surface area contributed by atoms with Gasteiger partial charge in [0.15, 0.2) is 0 Å². The van der Waals surface area contributed by atoms with E-state index in [-0.39, 0.29) is 21.3 Å². The number of halogens is 2. The van der Waals surface area contributed by atoms with E-state index in [1.165, 1.54) is 14.0 Å². The number of amides is 2. The Labute approximate surface area is 170 Å². The second kappa shape index (κ2) is 7.98. The highest BCUT2D eigenvalue weighted by Crippen LogP contribution is 2.38. The van der Waals surface area contributed by atoms with E-state index in [0.29, 0.717) is 10.9 Å². The highest BCUT2D eigenvalue weighted by Gasteiger charge is 2.25. The number of hydrogen-bond donors (Lipinski definition) is 2. The monoisotopic (exact) mass is 440 g/mol. The number of carbonyl (C=O) groups excluding carboxylic acids is 2. The zero-order chi connectivity index (χ0) is 22.2. The molecule has 0 unspecified atom stereocenters. The van der Waals surface area contributed by atoms with Gasteiger partial charge in [-0.2, -0.15) is 0 Å². The number of fused-ring (bicyclic) bond motifs is 1. The predicted octanol–water partition coefficient (Wildman–Crippen LogP) is 2.39. The average Bonchev–Trinajstić information content (AvgIpc) is 3.23. The van der Waals surface area contributed by atoms with E-state index in [2.05, 4.69) is 15.4 Å². The molecule has 0 radical (unpaired) electrons. The molecule has 0 saturated carbocycles. The molecule has 3 heterocycles. The van der Waals surface area contributed by atoms with Crippen molar-refractivity contribution in [2.45, 2.75) is 19.9 Å². The first-order valence-electron chi connectivity index (χ1n) is 8.20. The van der Waals surface area contributed by atoms with Gasteiger partial charge in [0.1, 0.15) is 28.1 Å². The molecule has 0 aliphatic rings. The maximum atomic E-state index is 13.0. The molecular weight excluding hydrogens is 426 g/mol. The van der Waals surface area contributed by atoms with Crippen LogP contribution < -0.4 is 15.8 Å². The molecule has 3 rings (SSSR count). The van der Waals surface area contributed by atoms with Crippen LogP contribution >= 0.6 is 11.3 Å². The van der Waals surface area contributed by atoms with Crippen molar-refractivity contribution >= 4 is 44.7 Å². The summed E-state index contributed by atoms with van der Waals surface area (Å²) < 4.78 is 31.8. The molecule has 0 saturated heterocycles. The minimum Gasteiger partial charge on any atom is -0.475 e. The van der Waals surface area contributed by atoms with Crippen molar-refractivity contribution in [3.05, 3.63) is 38.5 Å². The average molecular weight is 440 g/mol. The van der Waals surface area contributed by atoms with Gasteiger partial charge in [-0.25, -0.2) is 13.8 Å². The summed E-state index contributed by atoms with van der Waals surface area (Å²) in [5.74, 6) is -1.83. The molecule has 0 aromatic carbocycles. The van der Waals surface area contributed by atoms with E-state index >= 15 is 0 Å². The lowest BCUT2D eigenvalue weighted by molar-refractivity contribution is -0.385. The number of nitrogens with zero attached hydrogens (tertiary/aromatic N) is 4. The van der Waals surface area contributed by atoms with Gasteiger partial charge in [-0.1, -0.05) is 0 Å². The van der Waals surface area contributed by atoms with Gasteiger partial charge in [0.25, 0.3) is 12.3 Å². The number of anilines is 1. The maximum absolute atomic E-state index is 13.0. The number of rotatable bonds is 7. The van der Waals surface area contributed by atoms with Crippen molar-refractivity contribution in [1.82, 2.24) is 14.8 Å². The molecule has 0 fully saturated rings. The molecule has 3 aromatic rings. The molecule has 0 bridgehead atoms. The predicted molar refractivity (Wildman–Crippen MR) is 102 cm³/mol. The van der Waals surface area contributed by atoms with Gasteiger partial charge in [0, 0.05) is 5.39 Å². The number of nitrogens with one attached hydrogen (secondary N) is 1. The number of primary amides is 1. The molecule has 158 valence electrons. The van der Waals surface area contributed by atoms with Crippen LogP contribution in [0.3, 0.4) is 0 Å². The number of nitrogens with two attached hydrogens (primary N) is 1. The maximum Gasteiger partial charge on any atom is 0.350 e. The van der Waals surface area contributed by atoms with Gasteiger partial charge in [0.05, 0.1) is 17.7 Å². The third kappa shape index (κ3) is 3.89. The van der Waals surface area contributed by atoms with Crippen LogP contribution in [0.4, 0.5) is 20.2 Å². The zero-order valence-corrected chi connectivity index (χ0v) is 16.3. The number of nitro groups is 1. The largest absolute Gasteiger partial charge is 0.475 e. The number of hydrogen-bond acceptors (Lipinski definition) is 8. The smallest absolute Gasteiger partial charge is 0.350 e. The van der Waals surface area contributed by atoms with Crippen molar-refractivity contribution in [3.8, 4) is 5.88 Å². The molecule has 0 atom stereocenters. The Kier molecular flexibility index (Phi) is 5.60. The van der Waals surface area contributed by atoms with Crippen LogP contribution in [0.1, 0.15) is 27.4 Å². The first kappa shape index (κ1) is 21.0. The Bertz CT molecular complexity index is 1170. The number of methoxy groups -OCH3 is 1. The standard InChI is InChI=1S/C16H14F2N6O5S/c1-6-3-7(13(17)18)20-16-10(6)11(12(30-16)14(19)26)21-9(25)5-23-4-8(24(27)28)15(22-23)29-2/h3-4,13H,5H2,1-2H3,(H2,19,26)(H,21,25). The van der Waals surface area contributed by atoms with Crippen LogP contribution in [-0.4, -0.2) is 38.6 Å². The van der Waals surface area contributed by atoms with E-state index in [1.54, 1.807) is 0 Å². The molecule has 3 N–H and O–H groups in total. The fraction of sp³-hybridized carbons (Fsp3) is 0.250. The second-order valence-corrected chi connectivity index (χ2v) is 7.04. The summed E-state index contributed by atoms with van der Waals surface area (Å²) in [6, 6.07) is 1.15. The van der Waals surface area contributed by atoms with E-state index in [0.717, 1.165) is 28.3 Å². The summed E-state index contributed by atoms with van der Waals surface area (Å²) in [6.45, 7) is 1.09. The van der Waals surface area contributed by atoms with Crippen molar-refractivity contribution in [1.29, 1.82) is 0 Å². The number of carbonyl (C=O) groups is 2. The number of alkyl halides is 2. The lowest BCUT2D eigenvalue weighted by atomic mass is 10.1. The summed E-state index contributed by atoms with van der Waals surface area (Å²) in [5, 5.41) is 17.6. The molecular formula is C16H14F2N6O5S. The van der Waals surface area contributed by atoms with Crippen LogP contribution in [-0.2, 0) is 11.3 Å². The molecule has 0 aliphatic carbocycles. The number of aryl methyl sites for hydroxylation is 1. The van der Waals surface area contributed by atoms with Crippen molar-refractivity contribution in [3.63, 3.8) is 0 Å². The lowest BCUT2D eigenvalue weighted by Crippen LogP contribution is -2.21. The van der Waals surface area contributed by atoms with Crippen LogP contribution in [0.5, 0.6) is 5.88 Å². The Morgan fingerprint density at radius 3 is 2.70 bits per heavy atom. The van der Waals surface area contributed by atoms with Crippen molar-refractivity contribution < 1.29 is 28.0 Å². The first-order valence-corrected chi connectivity index (χ1v) is 9.01. The Balaban J connectivity index is 1.96. The summed E-state index contributed by atoms with van der Waals surface area (Å²) in [6.07, 6.45) is -1.79. The Morgan fingerprint density at radius 1 is 1.47 bits per heavy atom. The van der Waals surface area contributed by atoms with E-state index in [4.69, 9.17) is 10.5 Å². The van der Waals surface area contributed by atoms with Gasteiger partial charge < -0.3 is 15.8 Å². The molecule has 0 aliphatic heterocycles. The van der Waals surface area contributed by atoms with E-state index < -0.39 is 41.1 Å². The SMILES string of the molecule is COc1nn(CC(=O)Nc2c(C(N)=O)sc3nc(C(F)F)cc(C)c23)cc1[N+](=O)[O-]. The molecule has 2 amide bonds. The number of aromatic nitrogens is 3. The second-order valence-electron chi connectivity index (χ2n) is 6.04. The number of thiophene rings is 1. The van der Waals surface area contributed by atoms with Gasteiger partial charge in [0.2, 0.25) is 5.91 Å². The fourth-order valence-electron chi connectivity index (χ4n) is 2.78. The Morgan fingerprint density at radius 2 is 2.17 bits per heavy atom. The molecule has 14 heteroatoms. The zero-order valence-electron chi connectivity index (χ0n) is 15.5. The van der Waals surface area contributed by atoms with Crippen LogP contribution in [0.25, 0.3) is 10.2 Å². The highest BCUT2D eigenvalue weighted by atomic mass is 32.1. The molecule has 11 nitrogen and oxygen atoms in total. The van der Waals surface area contributed by atoms with Gasteiger partial charge >= 0.3 is 11.6 Å². The number of pyridine rings is 1. The number of ether oxygens (including phenoxy) is 1. The minimum atomic E-state index is -2.81. The third-order valence-electron chi connectivity index (χ3n) is 4.00. The summed E-state index contributed by atoms with van der Waals surface area (Å²) >= 11 is 0.775. The molecule has 0 spiro atoms. The van der Waals surface area contributed by atoms with Gasteiger partial charge in [-0.05, 0) is 18.6 Å². The van der Waals surface area contributed by atoms with E-state index in [9.17, 15) is 28.5 Å². The first-order chi connectivity index (χ1) is 14.1. The van der Waals surface area contributed by atoms with Crippen molar-refractivity contribution in [2.24, 2.45) is 5.73 Å². The quantitative estimate of drug-likeness (QED) is 0.422. The topological polar surface area (TPSA) is 155 Å². The van der Waals surface area contributed by atoms with Crippen LogP contribution in [0.2, 0.25) is 0 Å². The molecule has 30 heavy (non-hydrogen) atoms. The van der Waals surface area contributed by atoms with Crippen LogP contribution in [0.15, 0.2) is 12.3 Å². The highest BCUT2D eigenvalue weighted by molar-refractivity contribution is 7.21. The Hall–Kier alpha value is -3.68. The summed E-state index contributed by atoms with van der Waals surface area (Å²) in [5.41, 5.74) is 4.87. The molecule has 3 aromatic heterocycles. The minimum absolute atomic E-state index is 0.0342.